The minimum absolute atomic E-state index is 0.00703. The number of nitrogens with zero attached hydrogens (tertiary/aromatic N) is 2. The van der Waals surface area contributed by atoms with Crippen molar-refractivity contribution in [3.63, 3.8) is 0 Å². The highest BCUT2D eigenvalue weighted by molar-refractivity contribution is 7.99. The Bertz CT molecular complexity index is 552. The van der Waals surface area contributed by atoms with E-state index in [1.807, 2.05) is 13.8 Å². The number of hydrogen-bond acceptors (Lipinski definition) is 4. The number of carbonyl (C=O) groups is 1. The Morgan fingerprint density at radius 2 is 2.24 bits per heavy atom. The van der Waals surface area contributed by atoms with Gasteiger partial charge in [0.05, 0.1) is 5.92 Å². The largest absolute Gasteiger partial charge is 0.481 e. The average molecular weight is 313 g/mol. The Morgan fingerprint density at radius 1 is 1.52 bits per heavy atom. The number of aromatic nitrogens is 3. The summed E-state index contributed by atoms with van der Waals surface area (Å²) in [6.45, 7) is 5.99. The molecule has 1 aromatic rings. The second kappa shape index (κ2) is 6.68. The van der Waals surface area contributed by atoms with E-state index in [0.717, 1.165) is 19.3 Å². The molecule has 118 valence electrons. The van der Waals surface area contributed by atoms with Crippen LogP contribution in [0.4, 0.5) is 0 Å². The van der Waals surface area contributed by atoms with Crippen LogP contribution in [-0.4, -0.2) is 31.1 Å². The average Bonchev–Trinajstić information content (AvgIpc) is 2.79. The van der Waals surface area contributed by atoms with Gasteiger partial charge in [-0.15, -0.1) is 5.10 Å². The van der Waals surface area contributed by atoms with Crippen molar-refractivity contribution in [2.45, 2.75) is 62.9 Å². The van der Waals surface area contributed by atoms with E-state index in [9.17, 15) is 14.7 Å². The minimum atomic E-state index is -0.740. The van der Waals surface area contributed by atoms with Gasteiger partial charge >= 0.3 is 11.7 Å². The predicted molar refractivity (Wildman–Crippen MR) is 81.6 cm³/mol. The second-order valence-electron chi connectivity index (χ2n) is 5.96. The van der Waals surface area contributed by atoms with E-state index in [0.29, 0.717) is 17.5 Å². The lowest BCUT2D eigenvalue weighted by atomic mass is 9.80. The van der Waals surface area contributed by atoms with Gasteiger partial charge in [0, 0.05) is 11.3 Å². The van der Waals surface area contributed by atoms with Gasteiger partial charge in [0.25, 0.3) is 0 Å². The van der Waals surface area contributed by atoms with Crippen molar-refractivity contribution in [2.75, 3.05) is 0 Å². The highest BCUT2D eigenvalue weighted by Crippen LogP contribution is 2.40. The summed E-state index contributed by atoms with van der Waals surface area (Å²) in [6.07, 6.45) is 3.63. The summed E-state index contributed by atoms with van der Waals surface area (Å²) in [7, 11) is 0. The molecule has 0 spiro atoms. The zero-order chi connectivity index (χ0) is 15.6. The number of aromatic amines is 1. The Labute approximate surface area is 128 Å². The lowest BCUT2D eigenvalue weighted by Crippen LogP contribution is -2.33. The molecule has 0 amide bonds. The molecule has 1 aromatic heterocycles. The van der Waals surface area contributed by atoms with E-state index in [-0.39, 0.29) is 22.9 Å². The van der Waals surface area contributed by atoms with Crippen LogP contribution in [0.15, 0.2) is 9.95 Å². The third-order valence-electron chi connectivity index (χ3n) is 4.24. The maximum Gasteiger partial charge on any atom is 0.344 e. The third kappa shape index (κ3) is 3.51. The zero-order valence-electron chi connectivity index (χ0n) is 12.7. The molecule has 1 heterocycles. The maximum absolute atomic E-state index is 11.8. The number of aliphatic carboxylic acids is 1. The first-order valence-corrected chi connectivity index (χ1v) is 8.38. The van der Waals surface area contributed by atoms with Crippen molar-refractivity contribution in [2.24, 2.45) is 11.8 Å². The second-order valence-corrected chi connectivity index (χ2v) is 7.17. The maximum atomic E-state index is 11.8. The Kier molecular flexibility index (Phi) is 5.13. The fourth-order valence-electron chi connectivity index (χ4n) is 2.96. The molecule has 6 nitrogen and oxygen atoms in total. The van der Waals surface area contributed by atoms with Crippen molar-refractivity contribution in [3.8, 4) is 0 Å². The molecule has 0 radical (unpaired) electrons. The van der Waals surface area contributed by atoms with E-state index in [2.05, 4.69) is 17.1 Å². The number of carboxylic acid groups (broad SMARTS) is 1. The summed E-state index contributed by atoms with van der Waals surface area (Å²) in [5, 5.41) is 16.5. The van der Waals surface area contributed by atoms with Crippen LogP contribution in [0, 0.1) is 11.8 Å². The van der Waals surface area contributed by atoms with Gasteiger partial charge in [0.2, 0.25) is 0 Å². The topological polar surface area (TPSA) is 88.0 Å². The molecule has 2 N–H and O–H groups in total. The summed E-state index contributed by atoms with van der Waals surface area (Å²) in [6, 6.07) is 0.00703. The van der Waals surface area contributed by atoms with Gasteiger partial charge in [-0.05, 0) is 39.0 Å². The molecule has 21 heavy (non-hydrogen) atoms. The van der Waals surface area contributed by atoms with E-state index >= 15 is 0 Å². The summed E-state index contributed by atoms with van der Waals surface area (Å²) in [4.78, 5) is 23.2. The van der Waals surface area contributed by atoms with Crippen molar-refractivity contribution < 1.29 is 9.90 Å². The summed E-state index contributed by atoms with van der Waals surface area (Å²) >= 11 is 1.44. The molecule has 0 aromatic carbocycles. The number of hydrogen-bond donors (Lipinski definition) is 2. The quantitative estimate of drug-likeness (QED) is 0.872. The normalized spacial score (nSPS) is 26.2. The van der Waals surface area contributed by atoms with Crippen molar-refractivity contribution in [3.05, 3.63) is 10.5 Å². The fourth-order valence-corrected chi connectivity index (χ4v) is 4.52. The highest BCUT2D eigenvalue weighted by atomic mass is 32.2. The van der Waals surface area contributed by atoms with Crippen LogP contribution in [0.2, 0.25) is 0 Å². The molecular weight excluding hydrogens is 290 g/mol. The Balaban J connectivity index is 2.22. The summed E-state index contributed by atoms with van der Waals surface area (Å²) < 4.78 is 1.60. The number of carboxylic acids is 1. The standard InChI is InChI=1S/C14H23N3O3S/c1-4-9-5-6-10(12(18)19)11(7-9)21-14-16-15-13(20)17(14)8(2)3/h8-11H,4-7H2,1-3H3,(H,15,20)(H,18,19). The number of nitrogens with one attached hydrogen (secondary N) is 1. The van der Waals surface area contributed by atoms with Crippen LogP contribution in [-0.2, 0) is 4.79 Å². The number of H-pyrrole nitrogens is 1. The van der Waals surface area contributed by atoms with Gasteiger partial charge in [-0.25, -0.2) is 9.89 Å². The molecule has 1 aliphatic rings. The molecule has 1 aliphatic carbocycles. The van der Waals surface area contributed by atoms with Crippen LogP contribution >= 0.6 is 11.8 Å². The van der Waals surface area contributed by atoms with Crippen LogP contribution in [0.5, 0.6) is 0 Å². The molecule has 1 fully saturated rings. The Morgan fingerprint density at radius 3 is 2.81 bits per heavy atom. The molecule has 0 aliphatic heterocycles. The fraction of sp³-hybridized carbons (Fsp3) is 0.786. The van der Waals surface area contributed by atoms with Crippen molar-refractivity contribution >= 4 is 17.7 Å². The molecule has 7 heteroatoms. The summed E-state index contributed by atoms with van der Waals surface area (Å²) in [5.74, 6) is -0.530. The SMILES string of the molecule is CCC1CCC(C(=O)O)C(Sc2n[nH]c(=O)n2C(C)C)C1. The van der Waals surface area contributed by atoms with Gasteiger partial charge in [-0.3, -0.25) is 9.36 Å². The van der Waals surface area contributed by atoms with E-state index < -0.39 is 5.97 Å². The number of thioether (sulfide) groups is 1. The first-order chi connectivity index (χ1) is 9.93. The van der Waals surface area contributed by atoms with Crippen molar-refractivity contribution in [1.82, 2.24) is 14.8 Å². The monoisotopic (exact) mass is 313 g/mol. The van der Waals surface area contributed by atoms with Crippen molar-refractivity contribution in [1.29, 1.82) is 0 Å². The zero-order valence-corrected chi connectivity index (χ0v) is 13.5. The lowest BCUT2D eigenvalue weighted by molar-refractivity contribution is -0.142. The molecule has 2 rings (SSSR count). The minimum Gasteiger partial charge on any atom is -0.481 e. The predicted octanol–water partition coefficient (Wildman–Crippen LogP) is 2.52. The summed E-state index contributed by atoms with van der Waals surface area (Å²) in [5.41, 5.74) is -0.234. The molecule has 0 bridgehead atoms. The smallest absolute Gasteiger partial charge is 0.344 e. The highest BCUT2D eigenvalue weighted by Gasteiger charge is 2.36. The first-order valence-electron chi connectivity index (χ1n) is 7.50. The Hall–Kier alpha value is -1.24. The van der Waals surface area contributed by atoms with E-state index in [1.54, 1.807) is 4.57 Å². The number of rotatable bonds is 5. The third-order valence-corrected chi connectivity index (χ3v) is 5.56. The van der Waals surface area contributed by atoms with Crippen LogP contribution in [0.25, 0.3) is 0 Å². The van der Waals surface area contributed by atoms with E-state index in [1.165, 1.54) is 11.8 Å². The van der Waals surface area contributed by atoms with Gasteiger partial charge in [0.15, 0.2) is 5.16 Å². The van der Waals surface area contributed by atoms with Gasteiger partial charge in [0.1, 0.15) is 0 Å². The van der Waals surface area contributed by atoms with Gasteiger partial charge in [-0.1, -0.05) is 25.1 Å². The van der Waals surface area contributed by atoms with Gasteiger partial charge in [-0.2, -0.15) is 0 Å². The van der Waals surface area contributed by atoms with Crippen LogP contribution in [0.3, 0.4) is 0 Å². The van der Waals surface area contributed by atoms with Crippen LogP contribution in [0.1, 0.15) is 52.5 Å². The molecule has 1 saturated carbocycles. The molecule has 3 unspecified atom stereocenters. The first kappa shape index (κ1) is 16.1. The van der Waals surface area contributed by atoms with Crippen LogP contribution < -0.4 is 5.69 Å². The van der Waals surface area contributed by atoms with E-state index in [4.69, 9.17) is 0 Å². The molecule has 3 atom stereocenters. The van der Waals surface area contributed by atoms with Gasteiger partial charge < -0.3 is 5.11 Å². The lowest BCUT2D eigenvalue weighted by Gasteiger charge is -2.32. The molecule has 0 saturated heterocycles. The molecular formula is C14H23N3O3S.